The van der Waals surface area contributed by atoms with Crippen LogP contribution in [0, 0.1) is 0 Å². The molecule has 13 nitrogen and oxygen atoms in total. The molecule has 1 aromatic rings. The first-order chi connectivity index (χ1) is 12.5. The lowest BCUT2D eigenvalue weighted by molar-refractivity contribution is -0.165. The minimum Gasteiger partial charge on any atom is -0.456 e. The number of esters is 2. The highest BCUT2D eigenvalue weighted by Crippen LogP contribution is 2.39. The highest BCUT2D eigenvalue weighted by atomic mass is 31.2. The summed E-state index contributed by atoms with van der Waals surface area (Å²) in [6, 6.07) is 1.01. The van der Waals surface area contributed by atoms with E-state index in [1.54, 1.807) is 0 Å². The lowest BCUT2D eigenvalue weighted by Crippen LogP contribution is -2.42. The molecular formula is C13H17N2O11P. The minimum absolute atomic E-state index is 0.684. The second kappa shape index (κ2) is 8.15. The average molecular weight is 408 g/mol. The molecule has 0 aliphatic carbocycles. The number of nitrogens with zero attached hydrogens (tertiary/aromatic N) is 1. The molecule has 4 atom stereocenters. The van der Waals surface area contributed by atoms with Gasteiger partial charge in [0.1, 0.15) is 6.10 Å². The zero-order valence-electron chi connectivity index (χ0n) is 14.1. The standard InChI is InChI=1S/C13H17N2O11P/c1-6(16)24-10-8(5-23-27(20,21)22)26-12(11(10)25-7(2)17)15-4-3-9(18)14-13(15)19/h3-4,8,10-12H,5H2,1-2H3,(H,14,18,19)(H2,20,21,22)/t8-,10-,11-,12-/m1/s1. The molecule has 0 saturated carbocycles. The van der Waals surface area contributed by atoms with Gasteiger partial charge in [0, 0.05) is 26.1 Å². The van der Waals surface area contributed by atoms with Crippen molar-refractivity contribution in [2.24, 2.45) is 0 Å². The SMILES string of the molecule is CC(=O)O[C@@H]1[C@H](OC(C)=O)[C@@H](COP(=O)(O)O)O[C@H]1n1ccc(=O)[nH]c1=O. The summed E-state index contributed by atoms with van der Waals surface area (Å²) in [5.41, 5.74) is -1.58. The second-order valence-electron chi connectivity index (χ2n) is 5.52. The van der Waals surface area contributed by atoms with Gasteiger partial charge in [-0.15, -0.1) is 0 Å². The number of carbonyl (C=O) groups excluding carboxylic acids is 2. The number of carbonyl (C=O) groups is 2. The van der Waals surface area contributed by atoms with Gasteiger partial charge in [0.05, 0.1) is 6.61 Å². The van der Waals surface area contributed by atoms with Crippen molar-refractivity contribution in [2.75, 3.05) is 6.61 Å². The van der Waals surface area contributed by atoms with Crippen molar-refractivity contribution in [3.8, 4) is 0 Å². The summed E-state index contributed by atoms with van der Waals surface area (Å²) in [4.78, 5) is 65.8. The van der Waals surface area contributed by atoms with E-state index in [2.05, 4.69) is 4.52 Å². The third-order valence-electron chi connectivity index (χ3n) is 3.42. The number of nitrogens with one attached hydrogen (secondary N) is 1. The zero-order valence-corrected chi connectivity index (χ0v) is 15.0. The summed E-state index contributed by atoms with van der Waals surface area (Å²) < 4.78 is 31.9. The van der Waals surface area contributed by atoms with E-state index < -0.39 is 62.2 Å². The Morgan fingerprint density at radius 3 is 2.33 bits per heavy atom. The molecule has 0 aromatic carbocycles. The van der Waals surface area contributed by atoms with E-state index in [4.69, 9.17) is 24.0 Å². The van der Waals surface area contributed by atoms with Crippen LogP contribution < -0.4 is 11.2 Å². The Balaban J connectivity index is 2.42. The molecule has 1 aliphatic rings. The third-order valence-corrected chi connectivity index (χ3v) is 3.91. The maximum absolute atomic E-state index is 12.0. The highest BCUT2D eigenvalue weighted by molar-refractivity contribution is 7.46. The summed E-state index contributed by atoms with van der Waals surface area (Å²) in [7, 11) is -4.88. The molecule has 14 heteroatoms. The molecule has 150 valence electrons. The average Bonchev–Trinajstić information content (AvgIpc) is 2.81. The van der Waals surface area contributed by atoms with E-state index in [1.807, 2.05) is 4.98 Å². The van der Waals surface area contributed by atoms with Gasteiger partial charge in [-0.05, 0) is 0 Å². The number of phosphoric acid groups is 1. The molecule has 1 saturated heterocycles. The van der Waals surface area contributed by atoms with Crippen molar-refractivity contribution in [2.45, 2.75) is 38.4 Å². The number of H-pyrrole nitrogens is 1. The molecule has 0 radical (unpaired) electrons. The van der Waals surface area contributed by atoms with Gasteiger partial charge < -0.3 is 24.0 Å². The first kappa shape index (κ1) is 21.0. The van der Waals surface area contributed by atoms with E-state index in [9.17, 15) is 23.7 Å². The number of aromatic nitrogens is 2. The highest BCUT2D eigenvalue weighted by Gasteiger charge is 2.51. The van der Waals surface area contributed by atoms with Crippen molar-refractivity contribution < 1.29 is 42.7 Å². The van der Waals surface area contributed by atoms with Gasteiger partial charge in [-0.3, -0.25) is 28.5 Å². The van der Waals surface area contributed by atoms with Crippen LogP contribution in [0.25, 0.3) is 0 Å². The number of hydrogen-bond donors (Lipinski definition) is 3. The molecule has 1 fully saturated rings. The predicted molar refractivity (Wildman–Crippen MR) is 84.3 cm³/mol. The Labute approximate surface area is 151 Å². The van der Waals surface area contributed by atoms with Crippen LogP contribution in [0.3, 0.4) is 0 Å². The van der Waals surface area contributed by atoms with Crippen LogP contribution in [-0.2, 0) is 32.9 Å². The summed E-state index contributed by atoms with van der Waals surface area (Å²) in [6.07, 6.45) is -4.25. The zero-order chi connectivity index (χ0) is 20.4. The van der Waals surface area contributed by atoms with Crippen molar-refractivity contribution in [1.82, 2.24) is 9.55 Å². The molecule has 1 aromatic heterocycles. The summed E-state index contributed by atoms with van der Waals surface area (Å²) in [6.45, 7) is 1.40. The van der Waals surface area contributed by atoms with Crippen LogP contribution in [0.2, 0.25) is 0 Å². The predicted octanol–water partition coefficient (Wildman–Crippen LogP) is -1.59. The first-order valence-corrected chi connectivity index (χ1v) is 9.02. The van der Waals surface area contributed by atoms with Crippen LogP contribution in [0.4, 0.5) is 0 Å². The van der Waals surface area contributed by atoms with Gasteiger partial charge in [-0.2, -0.15) is 0 Å². The topological polar surface area (TPSA) is 183 Å². The van der Waals surface area contributed by atoms with Crippen molar-refractivity contribution in [1.29, 1.82) is 0 Å². The Kier molecular flexibility index (Phi) is 6.34. The third kappa shape index (κ3) is 5.58. The first-order valence-electron chi connectivity index (χ1n) is 7.49. The minimum atomic E-state index is -4.88. The molecule has 2 rings (SSSR count). The van der Waals surface area contributed by atoms with E-state index in [-0.39, 0.29) is 0 Å². The van der Waals surface area contributed by atoms with Crippen molar-refractivity contribution in [3.05, 3.63) is 33.1 Å². The number of rotatable bonds is 6. The van der Waals surface area contributed by atoms with Gasteiger partial charge in [0.2, 0.25) is 0 Å². The van der Waals surface area contributed by atoms with E-state index in [0.29, 0.717) is 0 Å². The van der Waals surface area contributed by atoms with Gasteiger partial charge in [-0.25, -0.2) is 9.36 Å². The molecule has 1 aliphatic heterocycles. The Hall–Kier alpha value is -2.31. The second-order valence-corrected chi connectivity index (χ2v) is 6.76. The quantitative estimate of drug-likeness (QED) is 0.364. The molecule has 0 unspecified atom stereocenters. The Morgan fingerprint density at radius 1 is 1.22 bits per heavy atom. The molecule has 0 spiro atoms. The van der Waals surface area contributed by atoms with E-state index >= 15 is 0 Å². The van der Waals surface area contributed by atoms with Crippen LogP contribution >= 0.6 is 7.82 Å². The fourth-order valence-corrected chi connectivity index (χ4v) is 2.86. The monoisotopic (exact) mass is 408 g/mol. The lowest BCUT2D eigenvalue weighted by atomic mass is 10.1. The maximum atomic E-state index is 12.0. The lowest BCUT2D eigenvalue weighted by Gasteiger charge is -2.23. The van der Waals surface area contributed by atoms with E-state index in [0.717, 1.165) is 30.7 Å². The number of aromatic amines is 1. The number of phosphoric ester groups is 1. The number of ether oxygens (including phenoxy) is 3. The molecule has 2 heterocycles. The fraction of sp³-hybridized carbons (Fsp3) is 0.538. The summed E-state index contributed by atoms with van der Waals surface area (Å²) in [5, 5.41) is 0. The molecular weight excluding hydrogens is 391 g/mol. The molecule has 27 heavy (non-hydrogen) atoms. The Morgan fingerprint density at radius 2 is 1.81 bits per heavy atom. The van der Waals surface area contributed by atoms with E-state index in [1.165, 1.54) is 0 Å². The summed E-state index contributed by atoms with van der Waals surface area (Å²) >= 11 is 0. The Bertz CT molecular complexity index is 872. The van der Waals surface area contributed by atoms with Crippen LogP contribution in [0.5, 0.6) is 0 Å². The molecule has 0 amide bonds. The maximum Gasteiger partial charge on any atom is 0.469 e. The van der Waals surface area contributed by atoms with Gasteiger partial charge >= 0.3 is 25.5 Å². The van der Waals surface area contributed by atoms with Crippen LogP contribution in [-0.4, -0.2) is 56.2 Å². The number of hydrogen-bond acceptors (Lipinski definition) is 9. The van der Waals surface area contributed by atoms with Gasteiger partial charge in [-0.1, -0.05) is 0 Å². The van der Waals surface area contributed by atoms with Crippen LogP contribution in [0.1, 0.15) is 20.1 Å². The van der Waals surface area contributed by atoms with Crippen LogP contribution in [0.15, 0.2) is 21.9 Å². The van der Waals surface area contributed by atoms with Gasteiger partial charge in [0.25, 0.3) is 5.56 Å². The van der Waals surface area contributed by atoms with Gasteiger partial charge in [0.15, 0.2) is 18.4 Å². The fourth-order valence-electron chi connectivity index (χ4n) is 2.52. The molecule has 3 N–H and O–H groups in total. The van der Waals surface area contributed by atoms with Crippen molar-refractivity contribution in [3.63, 3.8) is 0 Å². The smallest absolute Gasteiger partial charge is 0.456 e. The molecule has 0 bridgehead atoms. The largest absolute Gasteiger partial charge is 0.469 e. The van der Waals surface area contributed by atoms with Crippen molar-refractivity contribution >= 4 is 19.8 Å². The summed E-state index contributed by atoms with van der Waals surface area (Å²) in [5.74, 6) is -1.59. The normalized spacial score (nSPS) is 25.2.